The van der Waals surface area contributed by atoms with Gasteiger partial charge in [0.05, 0.1) is 23.4 Å². The third kappa shape index (κ3) is 2.02. The Balaban J connectivity index is 2.15. The normalized spacial score (nSPS) is 12.7. The van der Waals surface area contributed by atoms with Crippen molar-refractivity contribution in [2.75, 3.05) is 6.54 Å². The van der Waals surface area contributed by atoms with Crippen molar-refractivity contribution in [1.82, 2.24) is 9.55 Å². The summed E-state index contributed by atoms with van der Waals surface area (Å²) in [4.78, 5) is 4.45. The first-order valence-corrected chi connectivity index (χ1v) is 6.48. The van der Waals surface area contributed by atoms with Crippen LogP contribution in [-0.2, 0) is 0 Å². The molecule has 19 heavy (non-hydrogen) atoms. The van der Waals surface area contributed by atoms with Crippen LogP contribution in [0.25, 0.3) is 11.0 Å². The molecule has 3 rings (SSSR count). The van der Waals surface area contributed by atoms with E-state index in [-0.39, 0.29) is 6.04 Å². The topological polar surface area (TPSA) is 43.8 Å². The average Bonchev–Trinajstić information content (AvgIpc) is 2.86. The van der Waals surface area contributed by atoms with E-state index in [2.05, 4.69) is 46.8 Å². The fourth-order valence-electron chi connectivity index (χ4n) is 2.58. The highest BCUT2D eigenvalue weighted by molar-refractivity contribution is 5.75. The molecule has 0 radical (unpaired) electrons. The summed E-state index contributed by atoms with van der Waals surface area (Å²) in [6.45, 7) is 2.68. The van der Waals surface area contributed by atoms with Gasteiger partial charge >= 0.3 is 0 Å². The zero-order chi connectivity index (χ0) is 13.2. The molecule has 3 nitrogen and oxygen atoms in total. The van der Waals surface area contributed by atoms with Crippen molar-refractivity contribution in [1.29, 1.82) is 0 Å². The lowest BCUT2D eigenvalue weighted by Crippen LogP contribution is -2.20. The molecule has 0 aliphatic carbocycles. The number of nitrogens with zero attached hydrogens (tertiary/aromatic N) is 2. The van der Waals surface area contributed by atoms with Gasteiger partial charge in [-0.3, -0.25) is 0 Å². The third-order valence-electron chi connectivity index (χ3n) is 3.59. The van der Waals surface area contributed by atoms with Gasteiger partial charge in [0, 0.05) is 6.54 Å². The maximum atomic E-state index is 6.01. The first-order chi connectivity index (χ1) is 9.31. The Morgan fingerprint density at radius 1 is 1.11 bits per heavy atom. The fourth-order valence-corrected chi connectivity index (χ4v) is 2.58. The van der Waals surface area contributed by atoms with E-state index in [0.29, 0.717) is 6.54 Å². The second kappa shape index (κ2) is 4.86. The molecule has 3 heteroatoms. The molecule has 2 aromatic carbocycles. The van der Waals surface area contributed by atoms with E-state index in [4.69, 9.17) is 5.73 Å². The van der Waals surface area contributed by atoms with Crippen molar-refractivity contribution < 1.29 is 0 Å². The van der Waals surface area contributed by atoms with Crippen molar-refractivity contribution in [2.24, 2.45) is 5.73 Å². The average molecular weight is 251 g/mol. The molecule has 0 amide bonds. The van der Waals surface area contributed by atoms with Crippen LogP contribution < -0.4 is 5.73 Å². The quantitative estimate of drug-likeness (QED) is 0.778. The highest BCUT2D eigenvalue weighted by Gasteiger charge is 2.15. The van der Waals surface area contributed by atoms with Gasteiger partial charge in [-0.15, -0.1) is 0 Å². The molecule has 0 saturated carbocycles. The summed E-state index contributed by atoms with van der Waals surface area (Å²) in [5, 5.41) is 0. The molecule has 1 unspecified atom stereocenters. The van der Waals surface area contributed by atoms with Crippen molar-refractivity contribution in [3.05, 3.63) is 66.0 Å². The summed E-state index contributed by atoms with van der Waals surface area (Å²) in [5.41, 5.74) is 10.7. The molecule has 1 atom stereocenters. The predicted molar refractivity (Wildman–Crippen MR) is 78.1 cm³/mol. The molecule has 0 spiro atoms. The lowest BCUT2D eigenvalue weighted by atomic mass is 10.0. The van der Waals surface area contributed by atoms with E-state index in [0.717, 1.165) is 11.0 Å². The van der Waals surface area contributed by atoms with Gasteiger partial charge < -0.3 is 10.3 Å². The minimum absolute atomic E-state index is 0.133. The Hall–Kier alpha value is -2.13. The molecule has 96 valence electrons. The van der Waals surface area contributed by atoms with Crippen LogP contribution in [0.15, 0.2) is 54.9 Å². The van der Waals surface area contributed by atoms with E-state index in [1.807, 2.05) is 24.5 Å². The number of aryl methyl sites for hydroxylation is 1. The van der Waals surface area contributed by atoms with Gasteiger partial charge in [0.25, 0.3) is 0 Å². The molecular formula is C16H17N3. The molecule has 0 saturated heterocycles. The highest BCUT2D eigenvalue weighted by Crippen LogP contribution is 2.24. The molecule has 0 fully saturated rings. The molecule has 1 aromatic heterocycles. The van der Waals surface area contributed by atoms with Crippen molar-refractivity contribution in [2.45, 2.75) is 13.0 Å². The minimum atomic E-state index is 0.133. The molecule has 1 heterocycles. The fraction of sp³-hybridized carbons (Fsp3) is 0.188. The number of nitrogens with two attached hydrogens (primary N) is 1. The zero-order valence-electron chi connectivity index (χ0n) is 11.0. The number of hydrogen-bond acceptors (Lipinski definition) is 2. The number of hydrogen-bond donors (Lipinski definition) is 1. The van der Waals surface area contributed by atoms with Crippen LogP contribution in [0.3, 0.4) is 0 Å². The van der Waals surface area contributed by atoms with Crippen LogP contribution in [0.1, 0.15) is 17.2 Å². The Labute approximate surface area is 112 Å². The molecule has 2 N–H and O–H groups in total. The van der Waals surface area contributed by atoms with Gasteiger partial charge in [-0.2, -0.15) is 0 Å². The maximum Gasteiger partial charge on any atom is 0.0964 e. The van der Waals surface area contributed by atoms with E-state index in [1.54, 1.807) is 0 Å². The SMILES string of the molecule is Cc1ccccc1C(CN)n1cnc2ccccc21. The Bertz CT molecular complexity index is 700. The standard InChI is InChI=1S/C16H17N3/c1-12-6-2-3-7-13(12)16(10-17)19-11-18-14-8-4-5-9-15(14)19/h2-9,11,16H,10,17H2,1H3. The zero-order valence-corrected chi connectivity index (χ0v) is 11.0. The van der Waals surface area contributed by atoms with Crippen LogP contribution in [0.5, 0.6) is 0 Å². The van der Waals surface area contributed by atoms with E-state index < -0.39 is 0 Å². The molecular weight excluding hydrogens is 234 g/mol. The van der Waals surface area contributed by atoms with Crippen LogP contribution in [-0.4, -0.2) is 16.1 Å². The number of para-hydroxylation sites is 2. The lowest BCUT2D eigenvalue weighted by Gasteiger charge is -2.20. The molecule has 3 aromatic rings. The molecule has 0 aliphatic heterocycles. The Morgan fingerprint density at radius 2 is 1.84 bits per heavy atom. The second-order valence-corrected chi connectivity index (χ2v) is 4.75. The monoisotopic (exact) mass is 251 g/mol. The Kier molecular flexibility index (Phi) is 3.05. The van der Waals surface area contributed by atoms with Gasteiger partial charge in [-0.1, -0.05) is 36.4 Å². The second-order valence-electron chi connectivity index (χ2n) is 4.75. The van der Waals surface area contributed by atoms with Gasteiger partial charge in [-0.05, 0) is 30.2 Å². The van der Waals surface area contributed by atoms with Crippen molar-refractivity contribution in [3.8, 4) is 0 Å². The first kappa shape index (κ1) is 11.9. The maximum absolute atomic E-state index is 6.01. The van der Waals surface area contributed by atoms with E-state index in [1.165, 1.54) is 11.1 Å². The largest absolute Gasteiger partial charge is 0.328 e. The smallest absolute Gasteiger partial charge is 0.0964 e. The summed E-state index contributed by atoms with van der Waals surface area (Å²) in [7, 11) is 0. The summed E-state index contributed by atoms with van der Waals surface area (Å²) >= 11 is 0. The lowest BCUT2D eigenvalue weighted by molar-refractivity contribution is 0.607. The third-order valence-corrected chi connectivity index (χ3v) is 3.59. The van der Waals surface area contributed by atoms with Crippen LogP contribution in [0.2, 0.25) is 0 Å². The molecule has 0 bridgehead atoms. The first-order valence-electron chi connectivity index (χ1n) is 6.48. The summed E-state index contributed by atoms with van der Waals surface area (Å²) < 4.78 is 2.16. The van der Waals surface area contributed by atoms with Gasteiger partial charge in [0.15, 0.2) is 0 Å². The highest BCUT2D eigenvalue weighted by atomic mass is 15.1. The number of aromatic nitrogens is 2. The number of imidazole rings is 1. The predicted octanol–water partition coefficient (Wildman–Crippen LogP) is 2.89. The van der Waals surface area contributed by atoms with Crippen LogP contribution >= 0.6 is 0 Å². The van der Waals surface area contributed by atoms with E-state index >= 15 is 0 Å². The number of benzene rings is 2. The number of fused-ring (bicyclic) bond motifs is 1. The minimum Gasteiger partial charge on any atom is -0.328 e. The van der Waals surface area contributed by atoms with Crippen LogP contribution in [0.4, 0.5) is 0 Å². The van der Waals surface area contributed by atoms with Crippen LogP contribution in [0, 0.1) is 6.92 Å². The van der Waals surface area contributed by atoms with Gasteiger partial charge in [0.1, 0.15) is 0 Å². The number of rotatable bonds is 3. The van der Waals surface area contributed by atoms with Crippen molar-refractivity contribution >= 4 is 11.0 Å². The Morgan fingerprint density at radius 3 is 2.63 bits per heavy atom. The van der Waals surface area contributed by atoms with Gasteiger partial charge in [0.2, 0.25) is 0 Å². The summed E-state index contributed by atoms with van der Waals surface area (Å²) in [5.74, 6) is 0. The summed E-state index contributed by atoms with van der Waals surface area (Å²) in [6.07, 6.45) is 1.88. The van der Waals surface area contributed by atoms with Crippen molar-refractivity contribution in [3.63, 3.8) is 0 Å². The van der Waals surface area contributed by atoms with E-state index in [9.17, 15) is 0 Å². The molecule has 0 aliphatic rings. The van der Waals surface area contributed by atoms with Gasteiger partial charge in [-0.25, -0.2) is 4.98 Å². The summed E-state index contributed by atoms with van der Waals surface area (Å²) in [6, 6.07) is 16.7.